The Balaban J connectivity index is 2.30. The van der Waals surface area contributed by atoms with E-state index in [1.807, 2.05) is 26.0 Å². The molecule has 2 aromatic rings. The van der Waals surface area contributed by atoms with E-state index in [9.17, 15) is 0 Å². The van der Waals surface area contributed by atoms with Crippen molar-refractivity contribution in [2.45, 2.75) is 26.7 Å². The SMILES string of the molecule is C=C(C)/C=C/C(=C)Cc1cccc2c(CC(=C)/C=C/C(=C)C)cccc12. The van der Waals surface area contributed by atoms with Crippen molar-refractivity contribution in [1.82, 2.24) is 0 Å². The Labute approximate surface area is 158 Å². The Morgan fingerprint density at radius 1 is 0.654 bits per heavy atom. The molecule has 0 fully saturated rings. The summed E-state index contributed by atoms with van der Waals surface area (Å²) >= 11 is 0. The van der Waals surface area contributed by atoms with Crippen LogP contribution in [-0.2, 0) is 12.8 Å². The van der Waals surface area contributed by atoms with Gasteiger partial charge >= 0.3 is 0 Å². The molecular weight excluding hydrogens is 312 g/mol. The molecular formula is C26H28. The topological polar surface area (TPSA) is 0 Å². The van der Waals surface area contributed by atoms with Gasteiger partial charge in [0.2, 0.25) is 0 Å². The number of hydrogen-bond acceptors (Lipinski definition) is 0. The molecule has 0 aliphatic heterocycles. The van der Waals surface area contributed by atoms with Gasteiger partial charge < -0.3 is 0 Å². The molecule has 0 nitrogen and oxygen atoms in total. The van der Waals surface area contributed by atoms with Crippen LogP contribution >= 0.6 is 0 Å². The molecule has 0 radical (unpaired) electrons. The normalized spacial score (nSPS) is 11.3. The fourth-order valence-corrected chi connectivity index (χ4v) is 2.88. The first kappa shape index (κ1) is 19.5. The Hall–Kier alpha value is -2.86. The third-order valence-corrected chi connectivity index (χ3v) is 4.14. The van der Waals surface area contributed by atoms with Crippen LogP contribution in [0.1, 0.15) is 25.0 Å². The van der Waals surface area contributed by atoms with Crippen LogP contribution in [0.2, 0.25) is 0 Å². The summed E-state index contributed by atoms with van der Waals surface area (Å²) in [6.45, 7) is 20.1. The second-order valence-electron chi connectivity index (χ2n) is 6.96. The molecule has 0 N–H and O–H groups in total. The van der Waals surface area contributed by atoms with Crippen LogP contribution in [0.25, 0.3) is 10.8 Å². The summed E-state index contributed by atoms with van der Waals surface area (Å²) in [5, 5.41) is 2.57. The fraction of sp³-hybridized carbons (Fsp3) is 0.154. The van der Waals surface area contributed by atoms with Gasteiger partial charge in [0.1, 0.15) is 0 Å². The molecule has 0 atom stereocenters. The zero-order chi connectivity index (χ0) is 19.1. The number of fused-ring (bicyclic) bond motifs is 1. The standard InChI is InChI=1S/C26H28/c1-19(2)13-15-21(5)17-23-9-7-12-26-24(10-8-11-25(23)26)18-22(6)16-14-20(3)4/h7-16H,1,3,5-6,17-18H2,2,4H3/b15-13+,16-14+. The van der Waals surface area contributed by atoms with Crippen LogP contribution in [0.3, 0.4) is 0 Å². The zero-order valence-electron chi connectivity index (χ0n) is 16.0. The molecule has 0 spiro atoms. The predicted octanol–water partition coefficient (Wildman–Crippen LogP) is 7.30. The van der Waals surface area contributed by atoms with Crippen LogP contribution in [0.4, 0.5) is 0 Å². The lowest BCUT2D eigenvalue weighted by Gasteiger charge is -2.11. The minimum absolute atomic E-state index is 0.834. The molecule has 0 saturated carbocycles. The summed E-state index contributed by atoms with van der Waals surface area (Å²) in [7, 11) is 0. The minimum atomic E-state index is 0.834. The van der Waals surface area contributed by atoms with E-state index in [0.717, 1.165) is 35.1 Å². The smallest absolute Gasteiger partial charge is 0.00255 e. The van der Waals surface area contributed by atoms with Crippen molar-refractivity contribution in [2.75, 3.05) is 0 Å². The highest BCUT2D eigenvalue weighted by atomic mass is 14.1. The number of allylic oxidation sites excluding steroid dienone is 8. The molecule has 0 amide bonds. The van der Waals surface area contributed by atoms with Gasteiger partial charge in [0, 0.05) is 0 Å². The summed E-state index contributed by atoms with van der Waals surface area (Å²) < 4.78 is 0. The summed E-state index contributed by atoms with van der Waals surface area (Å²) in [6, 6.07) is 13.0. The van der Waals surface area contributed by atoms with Gasteiger partial charge in [0.25, 0.3) is 0 Å². The monoisotopic (exact) mass is 340 g/mol. The number of rotatable bonds is 8. The highest BCUT2D eigenvalue weighted by Crippen LogP contribution is 2.26. The third-order valence-electron chi connectivity index (χ3n) is 4.14. The van der Waals surface area contributed by atoms with Crippen LogP contribution < -0.4 is 0 Å². The highest BCUT2D eigenvalue weighted by Gasteiger charge is 2.06. The maximum absolute atomic E-state index is 4.18. The molecule has 0 heteroatoms. The second kappa shape index (κ2) is 9.01. The van der Waals surface area contributed by atoms with Gasteiger partial charge in [-0.1, -0.05) is 109 Å². The Bertz CT molecular complexity index is 839. The highest BCUT2D eigenvalue weighted by molar-refractivity contribution is 5.89. The van der Waals surface area contributed by atoms with E-state index in [0.29, 0.717) is 0 Å². The van der Waals surface area contributed by atoms with Gasteiger partial charge in [0.15, 0.2) is 0 Å². The van der Waals surface area contributed by atoms with Crippen molar-refractivity contribution in [3.05, 3.63) is 120 Å². The average Bonchev–Trinajstić information content (AvgIpc) is 2.59. The Morgan fingerprint density at radius 2 is 1.04 bits per heavy atom. The molecule has 26 heavy (non-hydrogen) atoms. The summed E-state index contributed by atoms with van der Waals surface area (Å²) in [4.78, 5) is 0. The van der Waals surface area contributed by atoms with Crippen LogP contribution in [0.5, 0.6) is 0 Å². The number of hydrogen-bond donors (Lipinski definition) is 0. The lowest BCUT2D eigenvalue weighted by atomic mass is 9.93. The minimum Gasteiger partial charge on any atom is -0.0961 e. The van der Waals surface area contributed by atoms with Crippen molar-refractivity contribution in [1.29, 1.82) is 0 Å². The van der Waals surface area contributed by atoms with E-state index in [1.165, 1.54) is 21.9 Å². The first-order chi connectivity index (χ1) is 12.4. The van der Waals surface area contributed by atoms with Crippen LogP contribution in [0.15, 0.2) is 109 Å². The molecule has 0 unspecified atom stereocenters. The van der Waals surface area contributed by atoms with Crippen LogP contribution in [-0.4, -0.2) is 0 Å². The lowest BCUT2D eigenvalue weighted by molar-refractivity contribution is 1.21. The quantitative estimate of drug-likeness (QED) is 0.442. The molecule has 0 bridgehead atoms. The second-order valence-corrected chi connectivity index (χ2v) is 6.96. The van der Waals surface area contributed by atoms with Crippen molar-refractivity contribution in [3.8, 4) is 0 Å². The molecule has 0 aliphatic rings. The van der Waals surface area contributed by atoms with E-state index in [2.05, 4.69) is 74.9 Å². The van der Waals surface area contributed by atoms with E-state index >= 15 is 0 Å². The van der Waals surface area contributed by atoms with E-state index in [4.69, 9.17) is 0 Å². The van der Waals surface area contributed by atoms with Crippen LogP contribution in [0, 0.1) is 0 Å². The van der Waals surface area contributed by atoms with Crippen molar-refractivity contribution in [2.24, 2.45) is 0 Å². The van der Waals surface area contributed by atoms with Gasteiger partial charge in [-0.3, -0.25) is 0 Å². The summed E-state index contributed by atoms with van der Waals surface area (Å²) in [6.07, 6.45) is 9.79. The average molecular weight is 341 g/mol. The maximum Gasteiger partial charge on any atom is -0.00255 e. The maximum atomic E-state index is 4.18. The van der Waals surface area contributed by atoms with Gasteiger partial charge in [-0.25, -0.2) is 0 Å². The molecule has 0 heterocycles. The predicted molar refractivity (Wildman–Crippen MR) is 118 cm³/mol. The molecule has 0 aliphatic carbocycles. The van der Waals surface area contributed by atoms with Gasteiger partial charge in [0.05, 0.1) is 0 Å². The van der Waals surface area contributed by atoms with Crippen molar-refractivity contribution < 1.29 is 0 Å². The molecule has 2 rings (SSSR count). The Morgan fingerprint density at radius 3 is 1.38 bits per heavy atom. The van der Waals surface area contributed by atoms with Gasteiger partial charge in [-0.15, -0.1) is 0 Å². The first-order valence-corrected chi connectivity index (χ1v) is 8.89. The zero-order valence-corrected chi connectivity index (χ0v) is 16.0. The third kappa shape index (κ3) is 5.60. The molecule has 2 aromatic carbocycles. The van der Waals surface area contributed by atoms with E-state index in [1.54, 1.807) is 0 Å². The largest absolute Gasteiger partial charge is 0.0961 e. The fourth-order valence-electron chi connectivity index (χ4n) is 2.88. The van der Waals surface area contributed by atoms with Gasteiger partial charge in [-0.2, -0.15) is 0 Å². The molecule has 0 aromatic heterocycles. The first-order valence-electron chi connectivity index (χ1n) is 8.89. The summed E-state index contributed by atoms with van der Waals surface area (Å²) in [5.74, 6) is 0. The van der Waals surface area contributed by atoms with Crippen molar-refractivity contribution in [3.63, 3.8) is 0 Å². The lowest BCUT2D eigenvalue weighted by Crippen LogP contribution is -1.93. The van der Waals surface area contributed by atoms with Gasteiger partial charge in [-0.05, 0) is 48.6 Å². The molecule has 132 valence electrons. The Kier molecular flexibility index (Phi) is 6.74. The molecule has 0 saturated heterocycles. The van der Waals surface area contributed by atoms with Crippen molar-refractivity contribution >= 4 is 10.8 Å². The summed E-state index contributed by atoms with van der Waals surface area (Å²) in [5.41, 5.74) is 6.83. The van der Waals surface area contributed by atoms with E-state index in [-0.39, 0.29) is 0 Å². The number of benzene rings is 2. The van der Waals surface area contributed by atoms with E-state index < -0.39 is 0 Å².